The Morgan fingerprint density at radius 1 is 1.03 bits per heavy atom. The average Bonchev–Trinajstić information content (AvgIpc) is 3.36. The standard InChI is InChI=1S/C26H29N5O3/c1-5-34-12-11-29-24(32)22-23(28(4)26(29)33)27-25-30(22)16-21(19-9-7-6-8-10-19)31(25)20-14-17(2)13-18(3)15-20/h6-10,13-16,22-23H,5,11-12H2,1-4H3. The molecule has 5 rings (SSSR count). The maximum absolute atomic E-state index is 13.6. The molecule has 3 heterocycles. The highest BCUT2D eigenvalue weighted by molar-refractivity contribution is 6.16. The van der Waals surface area contributed by atoms with Gasteiger partial charge >= 0.3 is 6.03 Å². The molecule has 3 aliphatic rings. The van der Waals surface area contributed by atoms with Gasteiger partial charge < -0.3 is 9.64 Å². The summed E-state index contributed by atoms with van der Waals surface area (Å²) in [6, 6.07) is 15.5. The highest BCUT2D eigenvalue weighted by atomic mass is 16.5. The van der Waals surface area contributed by atoms with Crippen LogP contribution < -0.4 is 4.90 Å². The Balaban J connectivity index is 1.58. The number of hydrogen-bond donors (Lipinski definition) is 0. The number of fused-ring (bicyclic) bond motifs is 3. The van der Waals surface area contributed by atoms with Crippen LogP contribution in [0, 0.1) is 13.8 Å². The van der Waals surface area contributed by atoms with Crippen molar-refractivity contribution in [3.63, 3.8) is 0 Å². The Morgan fingerprint density at radius 2 is 1.74 bits per heavy atom. The molecule has 0 bridgehead atoms. The first-order chi connectivity index (χ1) is 16.4. The number of likely N-dealkylation sites (N-methyl/N-ethyl adjacent to an activating group) is 1. The Kier molecular flexibility index (Phi) is 5.61. The molecule has 1 saturated heterocycles. The van der Waals surface area contributed by atoms with Gasteiger partial charge in [0, 0.05) is 31.1 Å². The number of imide groups is 1. The molecule has 0 N–H and O–H groups in total. The van der Waals surface area contributed by atoms with E-state index in [0.29, 0.717) is 19.2 Å². The van der Waals surface area contributed by atoms with E-state index >= 15 is 0 Å². The van der Waals surface area contributed by atoms with E-state index in [1.807, 2.05) is 36.2 Å². The Labute approximate surface area is 199 Å². The summed E-state index contributed by atoms with van der Waals surface area (Å²) in [7, 11) is 1.70. The van der Waals surface area contributed by atoms with Crippen LogP contribution in [-0.4, -0.2) is 71.6 Å². The maximum Gasteiger partial charge on any atom is 0.328 e. The monoisotopic (exact) mass is 459 g/mol. The maximum atomic E-state index is 13.6. The molecular weight excluding hydrogens is 430 g/mol. The van der Waals surface area contributed by atoms with E-state index in [1.54, 1.807) is 11.9 Å². The quantitative estimate of drug-likeness (QED) is 0.620. The van der Waals surface area contributed by atoms with Gasteiger partial charge in [-0.15, -0.1) is 0 Å². The predicted octanol–water partition coefficient (Wildman–Crippen LogP) is 3.42. The second-order valence-corrected chi connectivity index (χ2v) is 8.84. The number of hydrogen-bond acceptors (Lipinski definition) is 6. The van der Waals surface area contributed by atoms with Crippen molar-refractivity contribution in [3.05, 3.63) is 71.4 Å². The second-order valence-electron chi connectivity index (χ2n) is 8.84. The number of amides is 3. The molecule has 1 fully saturated rings. The van der Waals surface area contributed by atoms with Crippen LogP contribution in [0.4, 0.5) is 10.5 Å². The summed E-state index contributed by atoms with van der Waals surface area (Å²) in [6.45, 7) is 7.09. The van der Waals surface area contributed by atoms with Crippen LogP contribution in [0.25, 0.3) is 5.70 Å². The zero-order chi connectivity index (χ0) is 24.0. The van der Waals surface area contributed by atoms with Crippen molar-refractivity contribution in [1.29, 1.82) is 0 Å². The largest absolute Gasteiger partial charge is 0.380 e. The summed E-state index contributed by atoms with van der Waals surface area (Å²) < 4.78 is 5.41. The molecule has 0 saturated carbocycles. The van der Waals surface area contributed by atoms with Crippen molar-refractivity contribution < 1.29 is 14.3 Å². The number of benzene rings is 2. The first-order valence-electron chi connectivity index (χ1n) is 11.6. The Morgan fingerprint density at radius 3 is 2.41 bits per heavy atom. The van der Waals surface area contributed by atoms with Gasteiger partial charge in [-0.1, -0.05) is 36.4 Å². The van der Waals surface area contributed by atoms with Crippen molar-refractivity contribution >= 4 is 29.3 Å². The molecule has 3 amide bonds. The summed E-state index contributed by atoms with van der Waals surface area (Å²) in [6.07, 6.45) is 1.40. The van der Waals surface area contributed by atoms with Crippen LogP contribution in [0.15, 0.2) is 59.7 Å². The topological polar surface area (TPSA) is 68.7 Å². The van der Waals surface area contributed by atoms with Crippen LogP contribution in [0.5, 0.6) is 0 Å². The fourth-order valence-electron chi connectivity index (χ4n) is 4.89. The fraction of sp³-hybridized carbons (Fsp3) is 0.346. The molecule has 0 aromatic heterocycles. The first-order valence-corrected chi connectivity index (χ1v) is 11.6. The van der Waals surface area contributed by atoms with Crippen molar-refractivity contribution in [1.82, 2.24) is 14.7 Å². The van der Waals surface area contributed by atoms with Gasteiger partial charge in [0.05, 0.1) is 18.8 Å². The number of carbonyl (C=O) groups excluding carboxylic acids is 2. The number of aryl methyl sites for hydroxylation is 2. The molecule has 0 spiro atoms. The summed E-state index contributed by atoms with van der Waals surface area (Å²) in [5.74, 6) is 0.399. The number of urea groups is 1. The van der Waals surface area contributed by atoms with E-state index in [0.717, 1.165) is 28.1 Å². The lowest BCUT2D eigenvalue weighted by Crippen LogP contribution is -2.64. The summed E-state index contributed by atoms with van der Waals surface area (Å²) in [5, 5.41) is 0. The van der Waals surface area contributed by atoms with E-state index in [-0.39, 0.29) is 18.5 Å². The van der Waals surface area contributed by atoms with Crippen molar-refractivity contribution in [3.8, 4) is 0 Å². The molecule has 8 nitrogen and oxygen atoms in total. The third-order valence-corrected chi connectivity index (χ3v) is 6.41. The molecule has 2 atom stereocenters. The van der Waals surface area contributed by atoms with Crippen LogP contribution >= 0.6 is 0 Å². The van der Waals surface area contributed by atoms with Crippen LogP contribution in [-0.2, 0) is 9.53 Å². The zero-order valence-corrected chi connectivity index (χ0v) is 19.9. The first kappa shape index (κ1) is 22.2. The van der Waals surface area contributed by atoms with Gasteiger partial charge in [-0.25, -0.2) is 9.79 Å². The van der Waals surface area contributed by atoms with Crippen molar-refractivity contribution in [2.45, 2.75) is 33.0 Å². The highest BCUT2D eigenvalue weighted by Crippen LogP contribution is 2.40. The molecule has 3 aliphatic heterocycles. The van der Waals surface area contributed by atoms with Crippen molar-refractivity contribution in [2.24, 2.45) is 4.99 Å². The lowest BCUT2D eigenvalue weighted by molar-refractivity contribution is -0.137. The Hall–Kier alpha value is -3.65. The van der Waals surface area contributed by atoms with E-state index < -0.39 is 12.2 Å². The van der Waals surface area contributed by atoms with Gasteiger partial charge in [-0.05, 0) is 44.0 Å². The van der Waals surface area contributed by atoms with E-state index in [2.05, 4.69) is 49.1 Å². The number of rotatable bonds is 6. The number of guanidine groups is 1. The average molecular weight is 460 g/mol. The minimum absolute atomic E-state index is 0.221. The summed E-state index contributed by atoms with van der Waals surface area (Å²) in [4.78, 5) is 38.3. The molecule has 2 aromatic rings. The van der Waals surface area contributed by atoms with E-state index in [1.165, 1.54) is 4.90 Å². The van der Waals surface area contributed by atoms with E-state index in [4.69, 9.17) is 9.73 Å². The van der Waals surface area contributed by atoms with Crippen LogP contribution in [0.1, 0.15) is 23.6 Å². The second kappa shape index (κ2) is 8.61. The summed E-state index contributed by atoms with van der Waals surface area (Å²) in [5.41, 5.74) is 5.22. The molecule has 2 unspecified atom stereocenters. The molecule has 0 aliphatic carbocycles. The third kappa shape index (κ3) is 3.54. The minimum Gasteiger partial charge on any atom is -0.380 e. The smallest absolute Gasteiger partial charge is 0.328 e. The van der Waals surface area contributed by atoms with Gasteiger partial charge in [0.15, 0.2) is 12.2 Å². The SMILES string of the molecule is CCOCCN1C(=O)C2C(N=C3N(c4cc(C)cc(C)c4)C(c4ccccc4)=CN32)N(C)C1=O. The predicted molar refractivity (Wildman–Crippen MR) is 131 cm³/mol. The normalized spacial score (nSPS) is 21.6. The van der Waals surface area contributed by atoms with Gasteiger partial charge in [-0.3, -0.25) is 19.5 Å². The van der Waals surface area contributed by atoms with E-state index in [9.17, 15) is 9.59 Å². The fourth-order valence-corrected chi connectivity index (χ4v) is 4.89. The van der Waals surface area contributed by atoms with Crippen molar-refractivity contribution in [2.75, 3.05) is 31.7 Å². The number of ether oxygens (including phenoxy) is 1. The molecule has 176 valence electrons. The van der Waals surface area contributed by atoms with Crippen LogP contribution in [0.3, 0.4) is 0 Å². The number of anilines is 1. The molecule has 0 radical (unpaired) electrons. The lowest BCUT2D eigenvalue weighted by atomic mass is 10.1. The van der Waals surface area contributed by atoms with Gasteiger partial charge in [0.1, 0.15) is 0 Å². The lowest BCUT2D eigenvalue weighted by Gasteiger charge is -2.40. The highest BCUT2D eigenvalue weighted by Gasteiger charge is 2.54. The van der Waals surface area contributed by atoms with Crippen LogP contribution in [0.2, 0.25) is 0 Å². The number of aliphatic imine (C=N–C) groups is 1. The minimum atomic E-state index is -0.617. The third-order valence-electron chi connectivity index (χ3n) is 6.41. The van der Waals surface area contributed by atoms with Gasteiger partial charge in [-0.2, -0.15) is 0 Å². The van der Waals surface area contributed by atoms with Gasteiger partial charge in [0.2, 0.25) is 5.96 Å². The van der Waals surface area contributed by atoms with Gasteiger partial charge in [0.25, 0.3) is 5.91 Å². The Bertz CT molecular complexity index is 1170. The molecule has 34 heavy (non-hydrogen) atoms. The molecule has 8 heteroatoms. The number of nitrogens with zero attached hydrogens (tertiary/aromatic N) is 5. The molecule has 2 aromatic carbocycles. The molecular formula is C26H29N5O3. The number of carbonyl (C=O) groups is 2. The summed E-state index contributed by atoms with van der Waals surface area (Å²) >= 11 is 0. The zero-order valence-electron chi connectivity index (χ0n) is 19.9.